The van der Waals surface area contributed by atoms with Gasteiger partial charge in [0.1, 0.15) is 13.2 Å². The first kappa shape index (κ1) is 21.9. The van der Waals surface area contributed by atoms with Gasteiger partial charge in [-0.3, -0.25) is 4.79 Å². The summed E-state index contributed by atoms with van der Waals surface area (Å²) in [4.78, 5) is 13.2. The highest BCUT2D eigenvalue weighted by atomic mass is 32.2. The molecule has 168 valence electrons. The lowest BCUT2D eigenvalue weighted by Crippen LogP contribution is -2.26. The first-order valence-corrected chi connectivity index (χ1v) is 11.4. The highest BCUT2D eigenvalue weighted by Gasteiger charge is 2.37. The summed E-state index contributed by atoms with van der Waals surface area (Å²) in [5.41, 5.74) is 2.07. The van der Waals surface area contributed by atoms with Crippen LogP contribution in [0.5, 0.6) is 17.2 Å². The van der Waals surface area contributed by atoms with Crippen molar-refractivity contribution in [2.75, 3.05) is 20.8 Å². The fourth-order valence-electron chi connectivity index (χ4n) is 3.87. The molecule has 4 rings (SSSR count). The summed E-state index contributed by atoms with van der Waals surface area (Å²) >= 11 is 0. The molecule has 0 saturated heterocycles. The molecule has 2 aromatic rings. The average Bonchev–Trinajstić information content (AvgIpc) is 3.27. The largest absolute Gasteiger partial charge is 0.500 e. The number of primary sulfonamides is 1. The molecular formula is C23H23NO7S. The number of rotatable bonds is 7. The molecule has 9 heteroatoms. The van der Waals surface area contributed by atoms with Crippen LogP contribution >= 0.6 is 0 Å². The Balaban J connectivity index is 1.71. The molecule has 0 aromatic heterocycles. The lowest BCUT2D eigenvalue weighted by atomic mass is 9.79. The molecule has 2 N–H and O–H groups in total. The number of methoxy groups -OCH3 is 2. The van der Waals surface area contributed by atoms with Gasteiger partial charge in [0.15, 0.2) is 17.3 Å². The van der Waals surface area contributed by atoms with Gasteiger partial charge in [-0.2, -0.15) is 0 Å². The van der Waals surface area contributed by atoms with Crippen molar-refractivity contribution in [1.82, 2.24) is 0 Å². The van der Waals surface area contributed by atoms with Crippen LogP contribution in [0.25, 0.3) is 0 Å². The Labute approximate surface area is 186 Å². The molecule has 2 unspecified atom stereocenters. The second-order valence-corrected chi connectivity index (χ2v) is 9.00. The van der Waals surface area contributed by atoms with Crippen LogP contribution in [0.2, 0.25) is 0 Å². The molecule has 32 heavy (non-hydrogen) atoms. The van der Waals surface area contributed by atoms with Gasteiger partial charge in [-0.1, -0.05) is 30.4 Å². The third kappa shape index (κ3) is 4.09. The van der Waals surface area contributed by atoms with E-state index in [0.717, 1.165) is 5.57 Å². The van der Waals surface area contributed by atoms with Crippen molar-refractivity contribution in [3.8, 4) is 17.2 Å². The molecule has 0 spiro atoms. The van der Waals surface area contributed by atoms with Gasteiger partial charge in [-0.05, 0) is 23.8 Å². The second-order valence-electron chi connectivity index (χ2n) is 7.44. The van der Waals surface area contributed by atoms with Crippen molar-refractivity contribution in [3.05, 3.63) is 71.5 Å². The number of hydrogen-bond donors (Lipinski definition) is 1. The molecule has 1 aliphatic carbocycles. The summed E-state index contributed by atoms with van der Waals surface area (Å²) in [7, 11) is -0.848. The van der Waals surface area contributed by atoms with E-state index in [0.29, 0.717) is 35.0 Å². The molecule has 2 atom stereocenters. The molecule has 8 nitrogen and oxygen atoms in total. The molecular weight excluding hydrogens is 434 g/mol. The lowest BCUT2D eigenvalue weighted by Gasteiger charge is -2.25. The first-order chi connectivity index (χ1) is 15.3. The molecule has 2 aliphatic rings. The Morgan fingerprint density at radius 1 is 1.12 bits per heavy atom. The predicted octanol–water partition coefficient (Wildman–Crippen LogP) is 2.68. The maximum absolute atomic E-state index is 13.2. The highest BCUT2D eigenvalue weighted by Crippen LogP contribution is 2.46. The summed E-state index contributed by atoms with van der Waals surface area (Å²) in [6, 6.07) is 9.66. The number of nitrogens with two attached hydrogens (primary N) is 1. The van der Waals surface area contributed by atoms with Crippen LogP contribution in [-0.4, -0.2) is 35.0 Å². The van der Waals surface area contributed by atoms with Gasteiger partial charge in [0.2, 0.25) is 15.8 Å². The SMILES string of the molecule is COc1ccc(C2C=CC3=COCC3C2=O)c(OCc2cccc(S(N)(=O)=O)c2)c1OC. The van der Waals surface area contributed by atoms with E-state index in [1.807, 2.05) is 12.2 Å². The van der Waals surface area contributed by atoms with Gasteiger partial charge < -0.3 is 18.9 Å². The number of fused-ring (bicyclic) bond motifs is 1. The number of hydrogen-bond acceptors (Lipinski definition) is 7. The Kier molecular flexibility index (Phi) is 5.94. The van der Waals surface area contributed by atoms with E-state index in [1.165, 1.54) is 26.4 Å². The van der Waals surface area contributed by atoms with Crippen molar-refractivity contribution in [2.45, 2.75) is 17.4 Å². The van der Waals surface area contributed by atoms with Crippen molar-refractivity contribution in [1.29, 1.82) is 0 Å². The predicted molar refractivity (Wildman–Crippen MR) is 116 cm³/mol. The van der Waals surface area contributed by atoms with Gasteiger partial charge in [0, 0.05) is 11.1 Å². The Bertz CT molecular complexity index is 1220. The van der Waals surface area contributed by atoms with Gasteiger partial charge in [0.25, 0.3) is 0 Å². The lowest BCUT2D eigenvalue weighted by molar-refractivity contribution is -0.122. The zero-order valence-corrected chi connectivity index (χ0v) is 18.4. The molecule has 0 radical (unpaired) electrons. The van der Waals surface area contributed by atoms with Crippen LogP contribution in [0, 0.1) is 5.92 Å². The summed E-state index contributed by atoms with van der Waals surface area (Å²) < 4.78 is 45.7. The zero-order chi connectivity index (χ0) is 22.9. The first-order valence-electron chi connectivity index (χ1n) is 9.86. The van der Waals surface area contributed by atoms with Crippen molar-refractivity contribution >= 4 is 15.8 Å². The summed E-state index contributed by atoms with van der Waals surface area (Å²) in [6.07, 6.45) is 5.31. The minimum atomic E-state index is -3.84. The van der Waals surface area contributed by atoms with E-state index in [2.05, 4.69) is 0 Å². The standard InChI is InChI=1S/C23H23NO7S/c1-28-20-9-8-18(17-7-6-15-12-30-13-19(15)21(17)25)22(23(20)29-2)31-11-14-4-3-5-16(10-14)32(24,26)27/h3-10,12,17,19H,11,13H2,1-2H3,(H2,24,26,27). The number of ketones is 1. The summed E-state index contributed by atoms with van der Waals surface area (Å²) in [6.45, 7) is 0.348. The minimum Gasteiger partial charge on any atom is -0.500 e. The van der Waals surface area contributed by atoms with Crippen LogP contribution in [0.3, 0.4) is 0 Å². The van der Waals surface area contributed by atoms with Gasteiger partial charge >= 0.3 is 0 Å². The molecule has 0 amide bonds. The number of carbonyl (C=O) groups excluding carboxylic acids is 1. The Morgan fingerprint density at radius 3 is 2.66 bits per heavy atom. The molecule has 0 saturated carbocycles. The topological polar surface area (TPSA) is 114 Å². The molecule has 1 heterocycles. The maximum atomic E-state index is 13.2. The molecule has 0 bridgehead atoms. The van der Waals surface area contributed by atoms with Crippen molar-refractivity contribution in [3.63, 3.8) is 0 Å². The maximum Gasteiger partial charge on any atom is 0.238 e. The number of sulfonamides is 1. The van der Waals surface area contributed by atoms with E-state index in [4.69, 9.17) is 24.1 Å². The number of allylic oxidation sites excluding steroid dienone is 2. The van der Waals surface area contributed by atoms with Crippen molar-refractivity contribution < 1.29 is 32.2 Å². The van der Waals surface area contributed by atoms with Gasteiger partial charge in [0.05, 0.1) is 37.2 Å². The Morgan fingerprint density at radius 2 is 1.94 bits per heavy atom. The third-order valence-electron chi connectivity index (χ3n) is 5.49. The van der Waals surface area contributed by atoms with E-state index in [1.54, 1.807) is 30.5 Å². The molecule has 0 fully saturated rings. The monoisotopic (exact) mass is 457 g/mol. The number of ether oxygens (including phenoxy) is 4. The van der Waals surface area contributed by atoms with E-state index < -0.39 is 15.9 Å². The van der Waals surface area contributed by atoms with Crippen molar-refractivity contribution in [2.24, 2.45) is 11.1 Å². The van der Waals surface area contributed by atoms with Gasteiger partial charge in [-0.25, -0.2) is 13.6 Å². The quantitative estimate of drug-likeness (QED) is 0.680. The van der Waals surface area contributed by atoms with E-state index in [-0.39, 0.29) is 23.2 Å². The minimum absolute atomic E-state index is 0.00421. The number of carbonyl (C=O) groups is 1. The van der Waals surface area contributed by atoms with Crippen LogP contribution in [0.1, 0.15) is 17.0 Å². The third-order valence-corrected chi connectivity index (χ3v) is 6.40. The zero-order valence-electron chi connectivity index (χ0n) is 17.6. The number of Topliss-reactive ketones (excluding diaryl/α,β-unsaturated/α-hetero) is 1. The second kappa shape index (κ2) is 8.68. The highest BCUT2D eigenvalue weighted by molar-refractivity contribution is 7.89. The fraction of sp³-hybridized carbons (Fsp3) is 0.261. The fourth-order valence-corrected chi connectivity index (χ4v) is 4.46. The Hall–Kier alpha value is -3.30. The summed E-state index contributed by atoms with van der Waals surface area (Å²) in [5.74, 6) is 0.271. The molecule has 2 aromatic carbocycles. The summed E-state index contributed by atoms with van der Waals surface area (Å²) in [5, 5.41) is 5.23. The normalized spacial score (nSPS) is 19.7. The van der Waals surface area contributed by atoms with Gasteiger partial charge in [-0.15, -0.1) is 0 Å². The van der Waals surface area contributed by atoms with Crippen LogP contribution < -0.4 is 19.3 Å². The number of benzene rings is 2. The van der Waals surface area contributed by atoms with E-state index >= 15 is 0 Å². The van der Waals surface area contributed by atoms with Crippen LogP contribution in [0.4, 0.5) is 0 Å². The van der Waals surface area contributed by atoms with Crippen LogP contribution in [0.15, 0.2) is 65.3 Å². The van der Waals surface area contributed by atoms with Crippen LogP contribution in [-0.2, 0) is 26.2 Å². The smallest absolute Gasteiger partial charge is 0.238 e. The average molecular weight is 458 g/mol. The van der Waals surface area contributed by atoms with E-state index in [9.17, 15) is 13.2 Å². The molecule has 1 aliphatic heterocycles.